The Morgan fingerprint density at radius 1 is 1.43 bits per heavy atom. The zero-order chi connectivity index (χ0) is 10.6. The highest BCUT2D eigenvalue weighted by Gasteiger charge is 2.04. The zero-order valence-corrected chi connectivity index (χ0v) is 9.10. The molecule has 0 bridgehead atoms. The Balaban J connectivity index is 2.68. The van der Waals surface area contributed by atoms with Gasteiger partial charge in [-0.05, 0) is 31.0 Å². The molecule has 0 saturated heterocycles. The van der Waals surface area contributed by atoms with Crippen molar-refractivity contribution in [1.29, 1.82) is 0 Å². The summed E-state index contributed by atoms with van der Waals surface area (Å²) in [5.74, 6) is 0.654. The van der Waals surface area contributed by atoms with Gasteiger partial charge in [0.2, 0.25) is 0 Å². The van der Waals surface area contributed by atoms with Crippen LogP contribution in [-0.2, 0) is 4.79 Å². The van der Waals surface area contributed by atoms with Gasteiger partial charge in [-0.15, -0.1) is 11.6 Å². The van der Waals surface area contributed by atoms with E-state index in [1.165, 1.54) is 0 Å². The van der Waals surface area contributed by atoms with Crippen LogP contribution < -0.4 is 4.74 Å². The van der Waals surface area contributed by atoms with Crippen molar-refractivity contribution in [1.82, 2.24) is 0 Å². The lowest BCUT2D eigenvalue weighted by molar-refractivity contribution is -0.118. The molecule has 0 amide bonds. The Hall–Kier alpha value is -1.02. The quantitative estimate of drug-likeness (QED) is 0.717. The standard InChI is InChI=1S/C11H13ClO2/c1-8-4-3-5-11(9(8)2)14-7-10(13)6-12/h3-5H,6-7H2,1-2H3. The van der Waals surface area contributed by atoms with E-state index in [-0.39, 0.29) is 18.3 Å². The molecular weight excluding hydrogens is 200 g/mol. The van der Waals surface area contributed by atoms with Gasteiger partial charge >= 0.3 is 0 Å². The van der Waals surface area contributed by atoms with E-state index in [2.05, 4.69) is 0 Å². The van der Waals surface area contributed by atoms with Crippen molar-refractivity contribution in [2.45, 2.75) is 13.8 Å². The lowest BCUT2D eigenvalue weighted by atomic mass is 10.1. The summed E-state index contributed by atoms with van der Waals surface area (Å²) in [5, 5.41) is 0. The molecule has 0 aromatic heterocycles. The highest BCUT2D eigenvalue weighted by molar-refractivity contribution is 6.27. The first-order valence-corrected chi connectivity index (χ1v) is 4.95. The van der Waals surface area contributed by atoms with Crippen LogP contribution in [0.2, 0.25) is 0 Å². The Morgan fingerprint density at radius 3 is 2.79 bits per heavy atom. The fourth-order valence-corrected chi connectivity index (χ4v) is 1.15. The molecule has 0 radical (unpaired) electrons. The summed E-state index contributed by atoms with van der Waals surface area (Å²) in [5.41, 5.74) is 2.22. The van der Waals surface area contributed by atoms with Crippen LogP contribution in [-0.4, -0.2) is 18.3 Å². The number of Topliss-reactive ketones (excluding diaryl/α,β-unsaturated/α-hetero) is 1. The van der Waals surface area contributed by atoms with E-state index < -0.39 is 0 Å². The minimum Gasteiger partial charge on any atom is -0.486 e. The SMILES string of the molecule is Cc1cccc(OCC(=O)CCl)c1C. The molecule has 1 aromatic rings. The van der Waals surface area contributed by atoms with E-state index in [0.29, 0.717) is 0 Å². The first-order valence-electron chi connectivity index (χ1n) is 4.42. The molecule has 76 valence electrons. The van der Waals surface area contributed by atoms with Gasteiger partial charge in [0.25, 0.3) is 0 Å². The lowest BCUT2D eigenvalue weighted by Gasteiger charge is -2.09. The van der Waals surface area contributed by atoms with Gasteiger partial charge in [-0.25, -0.2) is 0 Å². The van der Waals surface area contributed by atoms with E-state index in [1.54, 1.807) is 0 Å². The number of rotatable bonds is 4. The van der Waals surface area contributed by atoms with E-state index in [9.17, 15) is 4.79 Å². The van der Waals surface area contributed by atoms with Crippen LogP contribution in [0.5, 0.6) is 5.75 Å². The monoisotopic (exact) mass is 212 g/mol. The summed E-state index contributed by atoms with van der Waals surface area (Å²) < 4.78 is 5.34. The number of carbonyl (C=O) groups is 1. The van der Waals surface area contributed by atoms with Crippen molar-refractivity contribution >= 4 is 17.4 Å². The number of ether oxygens (including phenoxy) is 1. The molecule has 1 aromatic carbocycles. The molecule has 3 heteroatoms. The second-order valence-electron chi connectivity index (χ2n) is 3.16. The molecule has 0 atom stereocenters. The van der Waals surface area contributed by atoms with Crippen molar-refractivity contribution in [3.8, 4) is 5.75 Å². The molecule has 0 heterocycles. The Bertz CT molecular complexity index is 334. The van der Waals surface area contributed by atoms with Crippen LogP contribution in [0.1, 0.15) is 11.1 Å². The number of hydrogen-bond acceptors (Lipinski definition) is 2. The normalized spacial score (nSPS) is 9.93. The van der Waals surface area contributed by atoms with E-state index >= 15 is 0 Å². The van der Waals surface area contributed by atoms with Crippen LogP contribution in [0.3, 0.4) is 0 Å². The molecule has 0 fully saturated rings. The molecule has 2 nitrogen and oxygen atoms in total. The van der Waals surface area contributed by atoms with Crippen molar-refractivity contribution in [3.63, 3.8) is 0 Å². The largest absolute Gasteiger partial charge is 0.486 e. The minimum atomic E-state index is -0.104. The first kappa shape index (κ1) is 11.1. The summed E-state index contributed by atoms with van der Waals surface area (Å²) >= 11 is 5.36. The molecule has 0 aliphatic carbocycles. The number of hydrogen-bond donors (Lipinski definition) is 0. The van der Waals surface area contributed by atoms with E-state index in [1.807, 2.05) is 32.0 Å². The van der Waals surface area contributed by atoms with Crippen LogP contribution in [0.4, 0.5) is 0 Å². The van der Waals surface area contributed by atoms with Crippen LogP contribution in [0.25, 0.3) is 0 Å². The average molecular weight is 213 g/mol. The number of aryl methyl sites for hydroxylation is 1. The van der Waals surface area contributed by atoms with Gasteiger partial charge in [0.05, 0.1) is 5.88 Å². The molecule has 14 heavy (non-hydrogen) atoms. The Labute approximate surface area is 88.8 Å². The van der Waals surface area contributed by atoms with Crippen LogP contribution >= 0.6 is 11.6 Å². The maximum Gasteiger partial charge on any atom is 0.184 e. The van der Waals surface area contributed by atoms with Crippen LogP contribution in [0, 0.1) is 13.8 Å². The molecule has 1 rings (SSSR count). The van der Waals surface area contributed by atoms with Gasteiger partial charge < -0.3 is 4.74 Å². The fraction of sp³-hybridized carbons (Fsp3) is 0.364. The van der Waals surface area contributed by atoms with Crippen molar-refractivity contribution in [3.05, 3.63) is 29.3 Å². The molecule has 0 unspecified atom stereocenters. The summed E-state index contributed by atoms with van der Waals surface area (Å²) in [6.07, 6.45) is 0. The molecule has 0 aliphatic rings. The maximum absolute atomic E-state index is 10.9. The summed E-state index contributed by atoms with van der Waals surface area (Å²) in [7, 11) is 0. The van der Waals surface area contributed by atoms with Crippen molar-refractivity contribution in [2.75, 3.05) is 12.5 Å². The Kier molecular flexibility index (Phi) is 3.96. The number of halogens is 1. The predicted octanol–water partition coefficient (Wildman–Crippen LogP) is 2.49. The summed E-state index contributed by atoms with van der Waals surface area (Å²) in [6, 6.07) is 5.76. The first-order chi connectivity index (χ1) is 6.65. The molecule has 0 saturated carbocycles. The predicted molar refractivity (Wildman–Crippen MR) is 57.1 cm³/mol. The highest BCUT2D eigenvalue weighted by Crippen LogP contribution is 2.20. The third kappa shape index (κ3) is 2.74. The van der Waals surface area contributed by atoms with Gasteiger partial charge in [-0.3, -0.25) is 4.79 Å². The van der Waals surface area contributed by atoms with Gasteiger partial charge in [0.1, 0.15) is 12.4 Å². The fourth-order valence-electron chi connectivity index (χ4n) is 1.08. The molecule has 0 N–H and O–H groups in total. The Morgan fingerprint density at radius 2 is 2.14 bits per heavy atom. The number of ketones is 1. The average Bonchev–Trinajstić information content (AvgIpc) is 2.20. The number of alkyl halides is 1. The van der Waals surface area contributed by atoms with E-state index in [0.717, 1.165) is 16.9 Å². The summed E-state index contributed by atoms with van der Waals surface area (Å²) in [4.78, 5) is 10.9. The lowest BCUT2D eigenvalue weighted by Crippen LogP contribution is -2.12. The maximum atomic E-state index is 10.9. The smallest absolute Gasteiger partial charge is 0.184 e. The summed E-state index contributed by atoms with van der Waals surface area (Å²) in [6.45, 7) is 4.02. The third-order valence-corrected chi connectivity index (χ3v) is 2.39. The number of carbonyl (C=O) groups excluding carboxylic acids is 1. The molecule has 0 spiro atoms. The zero-order valence-electron chi connectivity index (χ0n) is 8.34. The third-order valence-electron chi connectivity index (χ3n) is 2.09. The second-order valence-corrected chi connectivity index (χ2v) is 3.43. The van der Waals surface area contributed by atoms with Gasteiger partial charge in [0, 0.05) is 0 Å². The highest BCUT2D eigenvalue weighted by atomic mass is 35.5. The molecular formula is C11H13ClO2. The topological polar surface area (TPSA) is 26.3 Å². The van der Waals surface area contributed by atoms with Gasteiger partial charge in [-0.2, -0.15) is 0 Å². The van der Waals surface area contributed by atoms with Gasteiger partial charge in [0.15, 0.2) is 5.78 Å². The second kappa shape index (κ2) is 5.01. The number of benzene rings is 1. The van der Waals surface area contributed by atoms with Gasteiger partial charge in [-0.1, -0.05) is 12.1 Å². The van der Waals surface area contributed by atoms with Crippen molar-refractivity contribution in [2.24, 2.45) is 0 Å². The van der Waals surface area contributed by atoms with Crippen molar-refractivity contribution < 1.29 is 9.53 Å². The van der Waals surface area contributed by atoms with Crippen LogP contribution in [0.15, 0.2) is 18.2 Å². The molecule has 0 aliphatic heterocycles. The van der Waals surface area contributed by atoms with E-state index in [4.69, 9.17) is 16.3 Å². The minimum absolute atomic E-state index is 0.00482.